The van der Waals surface area contributed by atoms with Gasteiger partial charge in [-0.15, -0.1) is 0 Å². The molecule has 1 N–H and O–H groups in total. The van der Waals surface area contributed by atoms with Gasteiger partial charge in [0.05, 0.1) is 11.0 Å². The fourth-order valence-corrected chi connectivity index (χ4v) is 2.64. The fraction of sp³-hybridized carbons (Fsp3) is 0.0667. The number of benzene rings is 2. The molecule has 0 saturated heterocycles. The molecule has 0 bridgehead atoms. The highest BCUT2D eigenvalue weighted by Crippen LogP contribution is 2.25. The third-order valence-electron chi connectivity index (χ3n) is 3.36. The van der Waals surface area contributed by atoms with E-state index in [4.69, 9.17) is 4.42 Å². The summed E-state index contributed by atoms with van der Waals surface area (Å²) in [5.41, 5.74) is 3.52. The Morgan fingerprint density at radius 2 is 1.95 bits per heavy atom. The van der Waals surface area contributed by atoms with Crippen LogP contribution in [0.4, 0.5) is 12.0 Å². The van der Waals surface area contributed by atoms with Crippen molar-refractivity contribution in [2.24, 2.45) is 7.05 Å². The molecular formula is C15H11BrN4O. The molecule has 0 saturated carbocycles. The van der Waals surface area contributed by atoms with E-state index in [1.54, 1.807) is 0 Å². The topological polar surface area (TPSA) is 55.9 Å². The van der Waals surface area contributed by atoms with Gasteiger partial charge in [0.25, 0.3) is 0 Å². The lowest BCUT2D eigenvalue weighted by Gasteiger charge is -2.01. The summed E-state index contributed by atoms with van der Waals surface area (Å²) in [6.45, 7) is 0. The zero-order chi connectivity index (χ0) is 14.4. The van der Waals surface area contributed by atoms with Gasteiger partial charge in [0.2, 0.25) is 5.95 Å². The van der Waals surface area contributed by atoms with Gasteiger partial charge in [-0.2, -0.15) is 4.98 Å². The predicted octanol–water partition coefficient (Wildman–Crippen LogP) is 4.22. The first-order chi connectivity index (χ1) is 10.2. The van der Waals surface area contributed by atoms with Crippen LogP contribution in [0, 0.1) is 0 Å². The molecule has 0 aliphatic rings. The molecule has 0 aliphatic heterocycles. The fourth-order valence-electron chi connectivity index (χ4n) is 2.30. The molecule has 0 amide bonds. The number of oxazole rings is 1. The van der Waals surface area contributed by atoms with E-state index in [1.807, 2.05) is 54.1 Å². The number of rotatable bonds is 2. The second kappa shape index (κ2) is 4.60. The number of halogens is 1. The maximum absolute atomic E-state index is 5.70. The normalized spacial score (nSPS) is 11.3. The second-order valence-electron chi connectivity index (χ2n) is 4.74. The van der Waals surface area contributed by atoms with Gasteiger partial charge in [-0.3, -0.25) is 5.32 Å². The second-order valence-corrected chi connectivity index (χ2v) is 5.65. The van der Waals surface area contributed by atoms with E-state index in [0.29, 0.717) is 12.0 Å². The quantitative estimate of drug-likeness (QED) is 0.592. The smallest absolute Gasteiger partial charge is 0.302 e. The van der Waals surface area contributed by atoms with Crippen molar-refractivity contribution in [2.45, 2.75) is 0 Å². The van der Waals surface area contributed by atoms with Crippen LogP contribution in [0.15, 0.2) is 51.4 Å². The molecular weight excluding hydrogens is 332 g/mol. The van der Waals surface area contributed by atoms with Crippen molar-refractivity contribution in [3.05, 3.63) is 46.9 Å². The first kappa shape index (κ1) is 12.4. The van der Waals surface area contributed by atoms with Gasteiger partial charge < -0.3 is 8.98 Å². The van der Waals surface area contributed by atoms with Crippen molar-refractivity contribution in [1.29, 1.82) is 0 Å². The lowest BCUT2D eigenvalue weighted by atomic mass is 10.3. The number of aryl methyl sites for hydroxylation is 1. The lowest BCUT2D eigenvalue weighted by molar-refractivity contribution is 0.620. The van der Waals surface area contributed by atoms with Crippen LogP contribution >= 0.6 is 15.9 Å². The van der Waals surface area contributed by atoms with Crippen molar-refractivity contribution in [1.82, 2.24) is 14.5 Å². The van der Waals surface area contributed by atoms with Gasteiger partial charge >= 0.3 is 6.01 Å². The van der Waals surface area contributed by atoms with Gasteiger partial charge in [-0.25, -0.2) is 4.98 Å². The molecule has 0 atom stereocenters. The van der Waals surface area contributed by atoms with Gasteiger partial charge in [-0.05, 0) is 30.3 Å². The third-order valence-corrected chi connectivity index (χ3v) is 3.85. The highest BCUT2D eigenvalue weighted by atomic mass is 79.9. The highest BCUT2D eigenvalue weighted by Gasteiger charge is 2.11. The Morgan fingerprint density at radius 3 is 2.81 bits per heavy atom. The number of anilines is 2. The Balaban J connectivity index is 1.77. The molecule has 0 fully saturated rings. The Hall–Kier alpha value is -2.34. The summed E-state index contributed by atoms with van der Waals surface area (Å²) in [4.78, 5) is 8.95. The van der Waals surface area contributed by atoms with Crippen molar-refractivity contribution >= 4 is 50.0 Å². The molecule has 104 valence electrons. The van der Waals surface area contributed by atoms with E-state index in [0.717, 1.165) is 26.6 Å². The van der Waals surface area contributed by atoms with Crippen molar-refractivity contribution in [3.63, 3.8) is 0 Å². The lowest BCUT2D eigenvalue weighted by Crippen LogP contribution is -1.98. The van der Waals surface area contributed by atoms with Crippen LogP contribution in [0.2, 0.25) is 0 Å². The largest absolute Gasteiger partial charge is 0.423 e. The zero-order valence-electron chi connectivity index (χ0n) is 11.2. The minimum Gasteiger partial charge on any atom is -0.423 e. The summed E-state index contributed by atoms with van der Waals surface area (Å²) in [5, 5.41) is 3.13. The van der Waals surface area contributed by atoms with Crippen LogP contribution in [-0.2, 0) is 7.05 Å². The highest BCUT2D eigenvalue weighted by molar-refractivity contribution is 9.10. The molecule has 2 aromatic heterocycles. The molecule has 6 heteroatoms. The molecule has 4 rings (SSSR count). The maximum atomic E-state index is 5.70. The van der Waals surface area contributed by atoms with Crippen LogP contribution in [0.25, 0.3) is 22.1 Å². The minimum absolute atomic E-state index is 0.432. The number of fused-ring (bicyclic) bond motifs is 2. The summed E-state index contributed by atoms with van der Waals surface area (Å²) in [6.07, 6.45) is 0. The standard InChI is InChI=1S/C15H11BrN4O/c1-20-12-5-3-2-4-10(12)17-14(20)19-15-18-11-7-6-9(16)8-13(11)21-15/h2-8H,1H3,(H,17,18,19). The van der Waals surface area contributed by atoms with Crippen LogP contribution < -0.4 is 5.32 Å². The van der Waals surface area contributed by atoms with E-state index in [2.05, 4.69) is 31.2 Å². The van der Waals surface area contributed by atoms with Crippen LogP contribution in [-0.4, -0.2) is 14.5 Å². The third kappa shape index (κ3) is 2.08. The molecule has 2 heterocycles. The Kier molecular flexibility index (Phi) is 2.71. The SMILES string of the molecule is Cn1c(Nc2nc3ccc(Br)cc3o2)nc2ccccc21. The molecule has 0 aliphatic carbocycles. The average molecular weight is 343 g/mol. The van der Waals surface area contributed by atoms with Crippen molar-refractivity contribution < 1.29 is 4.42 Å². The molecule has 0 radical (unpaired) electrons. The van der Waals surface area contributed by atoms with Gasteiger partial charge in [0.1, 0.15) is 5.52 Å². The minimum atomic E-state index is 0.432. The average Bonchev–Trinajstić information content (AvgIpc) is 3.01. The monoisotopic (exact) mass is 342 g/mol. The zero-order valence-corrected chi connectivity index (χ0v) is 12.8. The Bertz CT molecular complexity index is 957. The Labute approximate surface area is 128 Å². The summed E-state index contributed by atoms with van der Waals surface area (Å²) < 4.78 is 8.63. The molecule has 5 nitrogen and oxygen atoms in total. The van der Waals surface area contributed by atoms with Crippen molar-refractivity contribution in [2.75, 3.05) is 5.32 Å². The summed E-state index contributed by atoms with van der Waals surface area (Å²) in [6, 6.07) is 14.1. The number of nitrogens with zero attached hydrogens (tertiary/aromatic N) is 3. The predicted molar refractivity (Wildman–Crippen MR) is 85.7 cm³/mol. The van der Waals surface area contributed by atoms with Gasteiger partial charge in [-0.1, -0.05) is 28.1 Å². The number of aromatic nitrogens is 3. The molecule has 0 spiro atoms. The van der Waals surface area contributed by atoms with Gasteiger partial charge in [0, 0.05) is 11.5 Å². The van der Waals surface area contributed by atoms with Crippen LogP contribution in [0.5, 0.6) is 0 Å². The van der Waals surface area contributed by atoms with E-state index >= 15 is 0 Å². The molecule has 0 unspecified atom stereocenters. The summed E-state index contributed by atoms with van der Waals surface area (Å²) in [7, 11) is 1.96. The first-order valence-corrected chi connectivity index (χ1v) is 7.24. The Morgan fingerprint density at radius 1 is 1.10 bits per heavy atom. The van der Waals surface area contributed by atoms with Gasteiger partial charge in [0.15, 0.2) is 5.58 Å². The maximum Gasteiger partial charge on any atom is 0.302 e. The van der Waals surface area contributed by atoms with E-state index in [9.17, 15) is 0 Å². The molecule has 2 aromatic carbocycles. The van der Waals surface area contributed by atoms with E-state index in [-0.39, 0.29) is 0 Å². The number of para-hydroxylation sites is 2. The van der Waals surface area contributed by atoms with Crippen LogP contribution in [0.3, 0.4) is 0 Å². The number of nitrogens with one attached hydrogen (secondary N) is 1. The van der Waals surface area contributed by atoms with Crippen molar-refractivity contribution in [3.8, 4) is 0 Å². The number of hydrogen-bond acceptors (Lipinski definition) is 4. The van der Waals surface area contributed by atoms with Crippen LogP contribution in [0.1, 0.15) is 0 Å². The molecule has 4 aromatic rings. The number of imidazole rings is 1. The van der Waals surface area contributed by atoms with E-state index < -0.39 is 0 Å². The first-order valence-electron chi connectivity index (χ1n) is 6.45. The van der Waals surface area contributed by atoms with E-state index in [1.165, 1.54) is 0 Å². The summed E-state index contributed by atoms with van der Waals surface area (Å²) >= 11 is 3.42. The number of hydrogen-bond donors (Lipinski definition) is 1. The molecule has 21 heavy (non-hydrogen) atoms. The summed E-state index contributed by atoms with van der Waals surface area (Å²) in [5.74, 6) is 0.696.